The van der Waals surface area contributed by atoms with Gasteiger partial charge in [0.25, 0.3) is 5.56 Å². The van der Waals surface area contributed by atoms with E-state index in [0.717, 1.165) is 16.3 Å². The van der Waals surface area contributed by atoms with Crippen molar-refractivity contribution in [2.45, 2.75) is 20.1 Å². The maximum atomic E-state index is 12.7. The van der Waals surface area contributed by atoms with Gasteiger partial charge in [0.1, 0.15) is 6.61 Å². The maximum absolute atomic E-state index is 12.7. The second-order valence-corrected chi connectivity index (χ2v) is 6.23. The Hall–Kier alpha value is -3.47. The number of esters is 1. The highest BCUT2D eigenvalue weighted by Crippen LogP contribution is 2.20. The molecule has 0 saturated heterocycles. The van der Waals surface area contributed by atoms with Gasteiger partial charge in [-0.1, -0.05) is 60.7 Å². The molecule has 0 radical (unpaired) electrons. The SMILES string of the molecule is CCn1nc(C(=O)OCc2cccc3ccccc23)c2ccccc2c1=O. The fraction of sp³-hybridized carbons (Fsp3) is 0.136. The first kappa shape index (κ1) is 17.0. The Morgan fingerprint density at radius 2 is 1.59 bits per heavy atom. The van der Waals surface area contributed by atoms with Gasteiger partial charge in [-0.05, 0) is 29.3 Å². The van der Waals surface area contributed by atoms with Gasteiger partial charge in [-0.2, -0.15) is 5.10 Å². The highest BCUT2D eigenvalue weighted by Gasteiger charge is 2.18. The molecule has 27 heavy (non-hydrogen) atoms. The molecule has 1 aromatic heterocycles. The van der Waals surface area contributed by atoms with Crippen LogP contribution in [0.5, 0.6) is 0 Å². The van der Waals surface area contributed by atoms with Crippen molar-refractivity contribution in [2.75, 3.05) is 0 Å². The summed E-state index contributed by atoms with van der Waals surface area (Å²) in [7, 11) is 0. The molecule has 0 saturated carbocycles. The molecule has 3 aromatic carbocycles. The van der Waals surface area contributed by atoms with Crippen LogP contribution in [0, 0.1) is 0 Å². The zero-order valence-corrected chi connectivity index (χ0v) is 14.9. The van der Waals surface area contributed by atoms with Gasteiger partial charge in [-0.25, -0.2) is 9.48 Å². The number of carbonyl (C=O) groups is 1. The molecule has 0 aliphatic rings. The molecule has 5 nitrogen and oxygen atoms in total. The highest BCUT2D eigenvalue weighted by molar-refractivity contribution is 6.02. The first-order valence-corrected chi connectivity index (χ1v) is 8.82. The number of nitrogens with zero attached hydrogens (tertiary/aromatic N) is 2. The average Bonchev–Trinajstić information content (AvgIpc) is 2.72. The molecule has 4 aromatic rings. The largest absolute Gasteiger partial charge is 0.456 e. The predicted molar refractivity (Wildman–Crippen MR) is 105 cm³/mol. The Morgan fingerprint density at radius 1 is 0.926 bits per heavy atom. The molecule has 0 bridgehead atoms. The first-order chi connectivity index (χ1) is 13.2. The monoisotopic (exact) mass is 358 g/mol. The van der Waals surface area contributed by atoms with Crippen molar-refractivity contribution in [2.24, 2.45) is 0 Å². The minimum atomic E-state index is -0.540. The van der Waals surface area contributed by atoms with Crippen molar-refractivity contribution in [1.82, 2.24) is 9.78 Å². The molecule has 0 fully saturated rings. The minimum absolute atomic E-state index is 0.140. The smallest absolute Gasteiger partial charge is 0.359 e. The summed E-state index contributed by atoms with van der Waals surface area (Å²) in [5, 5.41) is 7.33. The van der Waals surface area contributed by atoms with Crippen LogP contribution in [0.4, 0.5) is 0 Å². The van der Waals surface area contributed by atoms with Crippen LogP contribution in [0.15, 0.2) is 71.5 Å². The van der Waals surface area contributed by atoms with E-state index in [1.54, 1.807) is 24.3 Å². The summed E-state index contributed by atoms with van der Waals surface area (Å²) in [6.07, 6.45) is 0. The van der Waals surface area contributed by atoms with Crippen molar-refractivity contribution >= 4 is 27.5 Å². The van der Waals surface area contributed by atoms with Gasteiger partial charge in [0.05, 0.1) is 5.39 Å². The van der Waals surface area contributed by atoms with E-state index in [2.05, 4.69) is 5.10 Å². The molecule has 0 N–H and O–H groups in total. The summed E-state index contributed by atoms with van der Waals surface area (Å²) in [5.41, 5.74) is 0.876. The Kier molecular flexibility index (Phi) is 4.42. The van der Waals surface area contributed by atoms with Gasteiger partial charge < -0.3 is 4.74 Å². The number of hydrogen-bond acceptors (Lipinski definition) is 4. The molecule has 0 aliphatic carbocycles. The normalized spacial score (nSPS) is 11.0. The zero-order valence-electron chi connectivity index (χ0n) is 14.9. The number of ether oxygens (including phenoxy) is 1. The number of hydrogen-bond donors (Lipinski definition) is 0. The summed E-state index contributed by atoms with van der Waals surface area (Å²) >= 11 is 0. The Bertz CT molecular complexity index is 1210. The van der Waals surface area contributed by atoms with Gasteiger partial charge in [-0.3, -0.25) is 4.79 Å². The molecular formula is C22H18N2O3. The molecule has 0 spiro atoms. The topological polar surface area (TPSA) is 61.2 Å². The predicted octanol–water partition coefficient (Wildman–Crippen LogP) is 3.93. The van der Waals surface area contributed by atoms with Crippen molar-refractivity contribution in [3.05, 3.63) is 88.3 Å². The number of fused-ring (bicyclic) bond motifs is 2. The van der Waals surface area contributed by atoms with Crippen LogP contribution < -0.4 is 5.56 Å². The van der Waals surface area contributed by atoms with Crippen molar-refractivity contribution < 1.29 is 9.53 Å². The summed E-state index contributed by atoms with van der Waals surface area (Å²) in [6.45, 7) is 2.34. The fourth-order valence-electron chi connectivity index (χ4n) is 3.23. The quantitative estimate of drug-likeness (QED) is 0.519. The second-order valence-electron chi connectivity index (χ2n) is 6.23. The minimum Gasteiger partial charge on any atom is -0.456 e. The summed E-state index contributed by atoms with van der Waals surface area (Å²) < 4.78 is 6.84. The lowest BCUT2D eigenvalue weighted by Gasteiger charge is -2.11. The highest BCUT2D eigenvalue weighted by atomic mass is 16.5. The van der Waals surface area contributed by atoms with Crippen LogP contribution in [-0.4, -0.2) is 15.7 Å². The van der Waals surface area contributed by atoms with Crippen LogP contribution in [0.1, 0.15) is 23.0 Å². The first-order valence-electron chi connectivity index (χ1n) is 8.82. The van der Waals surface area contributed by atoms with E-state index >= 15 is 0 Å². The number of rotatable bonds is 4. The fourth-order valence-corrected chi connectivity index (χ4v) is 3.23. The van der Waals surface area contributed by atoms with Crippen LogP contribution in [0.2, 0.25) is 0 Å². The summed E-state index contributed by atoms with van der Waals surface area (Å²) in [6, 6.07) is 20.8. The van der Waals surface area contributed by atoms with Gasteiger partial charge in [-0.15, -0.1) is 0 Å². The Labute approximate surface area is 155 Å². The number of aromatic nitrogens is 2. The third-order valence-corrected chi connectivity index (χ3v) is 4.60. The lowest BCUT2D eigenvalue weighted by Crippen LogP contribution is -2.25. The van der Waals surface area contributed by atoms with E-state index in [0.29, 0.717) is 17.3 Å². The van der Waals surface area contributed by atoms with Crippen LogP contribution in [0.3, 0.4) is 0 Å². The molecular weight excluding hydrogens is 340 g/mol. The molecule has 5 heteroatoms. The van der Waals surface area contributed by atoms with Gasteiger partial charge in [0.2, 0.25) is 0 Å². The third kappa shape index (κ3) is 3.08. The third-order valence-electron chi connectivity index (χ3n) is 4.60. The average molecular weight is 358 g/mol. The van der Waals surface area contributed by atoms with Gasteiger partial charge >= 0.3 is 5.97 Å². The van der Waals surface area contributed by atoms with Crippen molar-refractivity contribution in [1.29, 1.82) is 0 Å². The lowest BCUT2D eigenvalue weighted by molar-refractivity contribution is 0.0467. The van der Waals surface area contributed by atoms with Crippen LogP contribution in [0.25, 0.3) is 21.5 Å². The van der Waals surface area contributed by atoms with E-state index in [4.69, 9.17) is 4.74 Å². The standard InChI is InChI=1S/C22H18N2O3/c1-2-24-21(25)19-13-6-5-12-18(19)20(23-24)22(26)27-14-16-10-7-9-15-8-3-4-11-17(15)16/h3-13H,2,14H2,1H3. The molecule has 134 valence electrons. The molecule has 0 aliphatic heterocycles. The van der Waals surface area contributed by atoms with E-state index < -0.39 is 5.97 Å². The van der Waals surface area contributed by atoms with E-state index in [9.17, 15) is 9.59 Å². The number of carbonyl (C=O) groups excluding carboxylic acids is 1. The Balaban J connectivity index is 1.69. The van der Waals surface area contributed by atoms with E-state index in [-0.39, 0.29) is 17.9 Å². The van der Waals surface area contributed by atoms with Crippen molar-refractivity contribution in [3.8, 4) is 0 Å². The summed E-state index contributed by atoms with van der Waals surface area (Å²) in [4.78, 5) is 25.2. The van der Waals surface area contributed by atoms with Gasteiger partial charge in [0.15, 0.2) is 5.69 Å². The van der Waals surface area contributed by atoms with E-state index in [1.807, 2.05) is 49.4 Å². The van der Waals surface area contributed by atoms with Crippen LogP contribution >= 0.6 is 0 Å². The number of aryl methyl sites for hydroxylation is 1. The van der Waals surface area contributed by atoms with Crippen LogP contribution in [-0.2, 0) is 17.9 Å². The zero-order chi connectivity index (χ0) is 18.8. The van der Waals surface area contributed by atoms with Gasteiger partial charge in [0, 0.05) is 11.9 Å². The second kappa shape index (κ2) is 7.03. The number of benzene rings is 3. The molecule has 0 atom stereocenters. The molecule has 0 unspecified atom stereocenters. The molecule has 4 rings (SSSR count). The van der Waals surface area contributed by atoms with Crippen molar-refractivity contribution in [3.63, 3.8) is 0 Å². The maximum Gasteiger partial charge on any atom is 0.359 e. The molecule has 0 amide bonds. The summed E-state index contributed by atoms with van der Waals surface area (Å²) in [5.74, 6) is -0.540. The lowest BCUT2D eigenvalue weighted by atomic mass is 10.1. The Morgan fingerprint density at radius 3 is 2.37 bits per heavy atom. The molecule has 1 heterocycles. The van der Waals surface area contributed by atoms with E-state index in [1.165, 1.54) is 4.68 Å².